The third-order valence-electron chi connectivity index (χ3n) is 2.82. The van der Waals surface area contributed by atoms with Crippen LogP contribution in [0.4, 0.5) is 5.69 Å². The zero-order valence-electron chi connectivity index (χ0n) is 9.49. The average molecular weight is 216 g/mol. The van der Waals surface area contributed by atoms with Gasteiger partial charge in [0, 0.05) is 31.4 Å². The molecule has 3 nitrogen and oxygen atoms in total. The van der Waals surface area contributed by atoms with E-state index in [0.29, 0.717) is 6.54 Å². The Balaban J connectivity index is 2.21. The largest absolute Gasteiger partial charge is 0.384 e. The molecule has 0 fully saturated rings. The topological polar surface area (TPSA) is 32.3 Å². The first-order valence-electron chi connectivity index (χ1n) is 5.45. The van der Waals surface area contributed by atoms with Crippen molar-refractivity contribution in [1.82, 2.24) is 4.90 Å². The number of fused-ring (bicyclic) bond motifs is 1. The molecule has 0 aliphatic carbocycles. The third kappa shape index (κ3) is 1.94. The van der Waals surface area contributed by atoms with Crippen LogP contribution >= 0.6 is 0 Å². The summed E-state index contributed by atoms with van der Waals surface area (Å²) in [5.74, 6) is 0.0383. The third-order valence-corrected chi connectivity index (χ3v) is 2.82. The van der Waals surface area contributed by atoms with Crippen LogP contribution in [-0.2, 0) is 6.42 Å². The number of nitrogens with zero attached hydrogens (tertiary/aromatic N) is 1. The van der Waals surface area contributed by atoms with Crippen molar-refractivity contribution in [2.75, 3.05) is 25.5 Å². The molecule has 1 aromatic rings. The highest BCUT2D eigenvalue weighted by molar-refractivity contribution is 5.95. The first-order chi connectivity index (χ1) is 7.72. The van der Waals surface area contributed by atoms with Gasteiger partial charge in [-0.15, -0.1) is 6.58 Å². The lowest BCUT2D eigenvalue weighted by atomic mass is 10.1. The Labute approximate surface area is 95.8 Å². The number of likely N-dealkylation sites (N-methyl/N-ethyl adjacent to an activating group) is 1. The Hall–Kier alpha value is -1.77. The van der Waals surface area contributed by atoms with Crippen molar-refractivity contribution in [3.63, 3.8) is 0 Å². The lowest BCUT2D eigenvalue weighted by Crippen LogP contribution is -2.26. The highest BCUT2D eigenvalue weighted by Gasteiger charge is 2.15. The predicted molar refractivity (Wildman–Crippen MR) is 65.8 cm³/mol. The number of hydrogen-bond donors (Lipinski definition) is 1. The van der Waals surface area contributed by atoms with E-state index in [-0.39, 0.29) is 5.91 Å². The van der Waals surface area contributed by atoms with Gasteiger partial charge in [-0.05, 0) is 24.1 Å². The van der Waals surface area contributed by atoms with Gasteiger partial charge in [-0.2, -0.15) is 0 Å². The Kier molecular flexibility index (Phi) is 2.95. The highest BCUT2D eigenvalue weighted by Crippen LogP contribution is 2.23. The summed E-state index contributed by atoms with van der Waals surface area (Å²) in [6, 6.07) is 5.86. The van der Waals surface area contributed by atoms with Gasteiger partial charge in [-0.3, -0.25) is 4.79 Å². The number of carbonyl (C=O) groups is 1. The van der Waals surface area contributed by atoms with E-state index in [4.69, 9.17) is 0 Å². The smallest absolute Gasteiger partial charge is 0.253 e. The molecule has 0 aromatic heterocycles. The number of benzene rings is 1. The molecule has 0 atom stereocenters. The van der Waals surface area contributed by atoms with Gasteiger partial charge >= 0.3 is 0 Å². The number of nitrogens with one attached hydrogen (secondary N) is 1. The summed E-state index contributed by atoms with van der Waals surface area (Å²) in [5.41, 5.74) is 3.12. The summed E-state index contributed by atoms with van der Waals surface area (Å²) < 4.78 is 0. The lowest BCUT2D eigenvalue weighted by molar-refractivity contribution is 0.0810. The number of hydrogen-bond acceptors (Lipinski definition) is 2. The second-order valence-electron chi connectivity index (χ2n) is 4.02. The summed E-state index contributed by atoms with van der Waals surface area (Å²) in [4.78, 5) is 13.6. The Morgan fingerprint density at radius 2 is 2.44 bits per heavy atom. The van der Waals surface area contributed by atoms with Gasteiger partial charge in [0.15, 0.2) is 0 Å². The molecule has 0 radical (unpaired) electrons. The molecule has 0 saturated carbocycles. The predicted octanol–water partition coefficient (Wildman–Crippen LogP) is 1.91. The number of amides is 1. The maximum absolute atomic E-state index is 12.0. The van der Waals surface area contributed by atoms with E-state index >= 15 is 0 Å². The minimum absolute atomic E-state index is 0.0383. The molecule has 1 N–H and O–H groups in total. The molecule has 1 aliphatic heterocycles. The normalized spacial score (nSPS) is 12.8. The van der Waals surface area contributed by atoms with Gasteiger partial charge < -0.3 is 10.2 Å². The highest BCUT2D eigenvalue weighted by atomic mass is 16.2. The zero-order valence-corrected chi connectivity index (χ0v) is 9.49. The van der Waals surface area contributed by atoms with Crippen LogP contribution in [0.15, 0.2) is 30.9 Å². The van der Waals surface area contributed by atoms with Crippen molar-refractivity contribution in [3.05, 3.63) is 42.0 Å². The van der Waals surface area contributed by atoms with Crippen molar-refractivity contribution < 1.29 is 4.79 Å². The SMILES string of the molecule is C=CCN(C)C(=O)c1ccc2c(c1)NCC2. The molecule has 0 saturated heterocycles. The van der Waals surface area contributed by atoms with Gasteiger partial charge in [0.2, 0.25) is 0 Å². The minimum atomic E-state index is 0.0383. The minimum Gasteiger partial charge on any atom is -0.384 e. The summed E-state index contributed by atoms with van der Waals surface area (Å²) in [6.07, 6.45) is 2.77. The lowest BCUT2D eigenvalue weighted by Gasteiger charge is -2.15. The molecule has 16 heavy (non-hydrogen) atoms. The van der Waals surface area contributed by atoms with Crippen molar-refractivity contribution in [2.45, 2.75) is 6.42 Å². The molecule has 84 valence electrons. The number of rotatable bonds is 3. The molecule has 1 aromatic carbocycles. The maximum Gasteiger partial charge on any atom is 0.253 e. The fourth-order valence-electron chi connectivity index (χ4n) is 1.92. The fourth-order valence-corrected chi connectivity index (χ4v) is 1.92. The van der Waals surface area contributed by atoms with Crippen LogP contribution < -0.4 is 5.32 Å². The van der Waals surface area contributed by atoms with Crippen molar-refractivity contribution >= 4 is 11.6 Å². The number of anilines is 1. The van der Waals surface area contributed by atoms with Gasteiger partial charge in [-0.25, -0.2) is 0 Å². The van der Waals surface area contributed by atoms with E-state index in [1.165, 1.54) is 5.56 Å². The molecular weight excluding hydrogens is 200 g/mol. The second kappa shape index (κ2) is 4.39. The van der Waals surface area contributed by atoms with Crippen LogP contribution in [0.2, 0.25) is 0 Å². The molecule has 3 heteroatoms. The molecule has 0 unspecified atom stereocenters. The maximum atomic E-state index is 12.0. The van der Waals surface area contributed by atoms with Crippen molar-refractivity contribution in [1.29, 1.82) is 0 Å². The first-order valence-corrected chi connectivity index (χ1v) is 5.45. The quantitative estimate of drug-likeness (QED) is 0.783. The van der Waals surface area contributed by atoms with Gasteiger partial charge in [0.05, 0.1) is 0 Å². The van der Waals surface area contributed by atoms with E-state index in [2.05, 4.69) is 11.9 Å². The Bertz CT molecular complexity index is 426. The molecular formula is C13H16N2O. The first kappa shape index (κ1) is 10.7. The van der Waals surface area contributed by atoms with E-state index in [9.17, 15) is 4.79 Å². The molecule has 1 amide bonds. The summed E-state index contributed by atoms with van der Waals surface area (Å²) in [7, 11) is 1.78. The van der Waals surface area contributed by atoms with Crippen LogP contribution in [0.1, 0.15) is 15.9 Å². The monoisotopic (exact) mass is 216 g/mol. The van der Waals surface area contributed by atoms with Gasteiger partial charge in [0.1, 0.15) is 0 Å². The fraction of sp³-hybridized carbons (Fsp3) is 0.308. The van der Waals surface area contributed by atoms with Crippen LogP contribution in [0.25, 0.3) is 0 Å². The molecule has 1 heterocycles. The van der Waals surface area contributed by atoms with Crippen LogP contribution in [0.5, 0.6) is 0 Å². The van der Waals surface area contributed by atoms with E-state index in [1.807, 2.05) is 18.2 Å². The summed E-state index contributed by atoms with van der Waals surface area (Å²) in [5, 5.41) is 3.28. The molecule has 0 spiro atoms. The summed E-state index contributed by atoms with van der Waals surface area (Å²) >= 11 is 0. The number of carbonyl (C=O) groups excluding carboxylic acids is 1. The van der Waals surface area contributed by atoms with E-state index in [0.717, 1.165) is 24.2 Å². The van der Waals surface area contributed by atoms with Crippen LogP contribution in [0, 0.1) is 0 Å². The van der Waals surface area contributed by atoms with Gasteiger partial charge in [-0.1, -0.05) is 12.1 Å². The van der Waals surface area contributed by atoms with Crippen LogP contribution in [-0.4, -0.2) is 30.9 Å². The Morgan fingerprint density at radius 1 is 1.62 bits per heavy atom. The van der Waals surface area contributed by atoms with Gasteiger partial charge in [0.25, 0.3) is 5.91 Å². The standard InChI is InChI=1S/C13H16N2O/c1-3-8-15(2)13(16)11-5-4-10-6-7-14-12(10)9-11/h3-5,9,14H,1,6-8H2,2H3. The van der Waals surface area contributed by atoms with E-state index < -0.39 is 0 Å². The summed E-state index contributed by atoms with van der Waals surface area (Å²) in [6.45, 7) is 5.17. The molecule has 1 aliphatic rings. The van der Waals surface area contributed by atoms with E-state index in [1.54, 1.807) is 18.0 Å². The Morgan fingerprint density at radius 3 is 3.19 bits per heavy atom. The van der Waals surface area contributed by atoms with Crippen LogP contribution in [0.3, 0.4) is 0 Å². The second-order valence-corrected chi connectivity index (χ2v) is 4.02. The van der Waals surface area contributed by atoms with Crippen molar-refractivity contribution in [2.24, 2.45) is 0 Å². The molecule has 2 rings (SSSR count). The average Bonchev–Trinajstić information content (AvgIpc) is 2.75. The zero-order chi connectivity index (χ0) is 11.5. The molecule has 0 bridgehead atoms. The van der Waals surface area contributed by atoms with Crippen molar-refractivity contribution in [3.8, 4) is 0 Å².